The van der Waals surface area contributed by atoms with Gasteiger partial charge in [0.15, 0.2) is 12.8 Å². The van der Waals surface area contributed by atoms with E-state index in [0.717, 1.165) is 42.7 Å². The maximum atomic E-state index is 14.8. The number of rotatable bonds is 22. The molecule has 2 aromatic rings. The van der Waals surface area contributed by atoms with Crippen LogP contribution in [-0.2, 0) is 39.9 Å². The molecule has 328 valence electrons. The molecular formula is C43H65N5O10S. The van der Waals surface area contributed by atoms with E-state index < -0.39 is 59.9 Å². The molecule has 1 aromatic carbocycles. The number of carbonyl (C=O) groups is 6. The van der Waals surface area contributed by atoms with Gasteiger partial charge in [0.2, 0.25) is 11.8 Å². The highest BCUT2D eigenvalue weighted by molar-refractivity contribution is 7.09. The summed E-state index contributed by atoms with van der Waals surface area (Å²) in [5.74, 6) is -4.53. The second-order valence-electron chi connectivity index (χ2n) is 16.2. The van der Waals surface area contributed by atoms with Crippen LogP contribution >= 0.6 is 11.3 Å². The quantitative estimate of drug-likeness (QED) is 0.0814. The molecule has 16 heteroatoms. The molecular weight excluding hydrogens is 779 g/mol. The van der Waals surface area contributed by atoms with Crippen LogP contribution in [0.25, 0.3) is 0 Å². The van der Waals surface area contributed by atoms with Gasteiger partial charge in [-0.05, 0) is 75.2 Å². The molecule has 0 saturated carbocycles. The normalized spacial score (nSPS) is 17.7. The van der Waals surface area contributed by atoms with Gasteiger partial charge in [0.1, 0.15) is 22.5 Å². The molecule has 1 saturated heterocycles. The molecule has 0 aliphatic carbocycles. The summed E-state index contributed by atoms with van der Waals surface area (Å²) in [6.45, 7) is 12.7. The molecule has 1 fully saturated rings. The predicted octanol–water partition coefficient (Wildman–Crippen LogP) is 5.85. The second-order valence-corrected chi connectivity index (χ2v) is 17.0. The third-order valence-electron chi connectivity index (χ3n) is 11.0. The number of likely N-dealkylation sites (tertiary alicyclic amines) is 1. The second kappa shape index (κ2) is 23.9. The number of hydrogen-bond donors (Lipinski definition) is 4. The van der Waals surface area contributed by atoms with Gasteiger partial charge in [-0.15, -0.1) is 11.3 Å². The standard InChI is InChI=1S/C43H65N5O10S/c1-9-14-37(51)57-25-48(42(54)38(27(5)10-2)46-40(53)34-15-12-11-13-20-47(34)8)35(26(3)4)23-36(58-29(7)49)41-45-33(24-59-41)39(52)44-31(21-28(6)43(55)56)22-30-16-18-32(50)19-17-30/h16-19,24,26-28,31,34-36,38,50H,9-15,20-23,25H2,1-8H3,(H,44,52)(H,46,53)(H,55,56)/t27?,28-,31+,34+,35+,36+,38-/m0/s1. The van der Waals surface area contributed by atoms with E-state index in [-0.39, 0.29) is 61.2 Å². The molecule has 1 aliphatic rings. The smallest absolute Gasteiger partial charge is 0.307 e. The highest BCUT2D eigenvalue weighted by atomic mass is 32.1. The number of esters is 2. The number of aromatic hydroxyl groups is 1. The summed E-state index contributed by atoms with van der Waals surface area (Å²) >= 11 is 1.10. The summed E-state index contributed by atoms with van der Waals surface area (Å²) in [7, 11) is 1.92. The van der Waals surface area contributed by atoms with Gasteiger partial charge in [0, 0.05) is 37.2 Å². The Morgan fingerprint density at radius 2 is 1.69 bits per heavy atom. The number of likely N-dealkylation sites (N-methyl/N-ethyl adjacent to an activating group) is 1. The molecule has 3 rings (SSSR count). The van der Waals surface area contributed by atoms with Crippen LogP contribution in [0.5, 0.6) is 5.75 Å². The van der Waals surface area contributed by atoms with Crippen molar-refractivity contribution in [1.29, 1.82) is 0 Å². The molecule has 0 bridgehead atoms. The molecule has 3 amide bonds. The van der Waals surface area contributed by atoms with Crippen LogP contribution in [0.2, 0.25) is 0 Å². The lowest BCUT2D eigenvalue weighted by molar-refractivity contribution is -0.160. The minimum atomic E-state index is -1.01. The van der Waals surface area contributed by atoms with Crippen LogP contribution in [0, 0.1) is 17.8 Å². The van der Waals surface area contributed by atoms with E-state index in [1.54, 1.807) is 19.1 Å². The predicted molar refractivity (Wildman–Crippen MR) is 223 cm³/mol. The summed E-state index contributed by atoms with van der Waals surface area (Å²) < 4.78 is 11.5. The van der Waals surface area contributed by atoms with Crippen molar-refractivity contribution in [2.75, 3.05) is 20.3 Å². The zero-order valence-electron chi connectivity index (χ0n) is 35.9. The Bertz CT molecular complexity index is 1700. The number of nitrogens with zero attached hydrogens (tertiary/aromatic N) is 3. The fourth-order valence-corrected chi connectivity index (χ4v) is 8.09. The highest BCUT2D eigenvalue weighted by Gasteiger charge is 2.39. The minimum Gasteiger partial charge on any atom is -0.508 e. The zero-order chi connectivity index (χ0) is 43.8. The van der Waals surface area contributed by atoms with Crippen LogP contribution in [-0.4, -0.2) is 105 Å². The first-order valence-corrected chi connectivity index (χ1v) is 21.7. The molecule has 1 aromatic heterocycles. The largest absolute Gasteiger partial charge is 0.508 e. The van der Waals surface area contributed by atoms with Crippen molar-refractivity contribution in [2.24, 2.45) is 17.8 Å². The number of aliphatic carboxylic acids is 1. The van der Waals surface area contributed by atoms with Crippen LogP contribution in [0.3, 0.4) is 0 Å². The first kappa shape index (κ1) is 48.8. The summed E-state index contributed by atoms with van der Waals surface area (Å²) in [5, 5.41) is 27.1. The number of ether oxygens (including phenoxy) is 2. The molecule has 2 heterocycles. The molecule has 15 nitrogen and oxygen atoms in total. The molecule has 0 spiro atoms. The summed E-state index contributed by atoms with van der Waals surface area (Å²) in [6.07, 6.45) is 4.33. The first-order chi connectivity index (χ1) is 27.9. The lowest BCUT2D eigenvalue weighted by Gasteiger charge is -2.39. The van der Waals surface area contributed by atoms with E-state index in [1.807, 2.05) is 46.6 Å². The van der Waals surface area contributed by atoms with Crippen LogP contribution in [0.1, 0.15) is 133 Å². The van der Waals surface area contributed by atoms with E-state index in [0.29, 0.717) is 30.7 Å². The summed E-state index contributed by atoms with van der Waals surface area (Å²) in [5.41, 5.74) is 0.817. The van der Waals surface area contributed by atoms with Gasteiger partial charge in [-0.1, -0.05) is 72.9 Å². The molecule has 4 N–H and O–H groups in total. The van der Waals surface area contributed by atoms with Gasteiger partial charge in [-0.3, -0.25) is 33.7 Å². The van der Waals surface area contributed by atoms with E-state index in [9.17, 15) is 39.0 Å². The molecule has 1 aliphatic heterocycles. The minimum absolute atomic E-state index is 0.0337. The average molecular weight is 844 g/mol. The number of carboxylic acid groups (broad SMARTS) is 1. The summed E-state index contributed by atoms with van der Waals surface area (Å²) in [4.78, 5) is 87.4. The van der Waals surface area contributed by atoms with Crippen LogP contribution in [0.15, 0.2) is 29.6 Å². The van der Waals surface area contributed by atoms with Gasteiger partial charge in [-0.25, -0.2) is 4.98 Å². The lowest BCUT2D eigenvalue weighted by atomic mass is 9.92. The van der Waals surface area contributed by atoms with Gasteiger partial charge in [0.05, 0.1) is 12.0 Å². The van der Waals surface area contributed by atoms with Crippen molar-refractivity contribution in [3.63, 3.8) is 0 Å². The Hall–Kier alpha value is -4.57. The van der Waals surface area contributed by atoms with E-state index in [2.05, 4.69) is 15.6 Å². The molecule has 0 radical (unpaired) electrons. The Balaban J connectivity index is 1.96. The Morgan fingerprint density at radius 1 is 1.00 bits per heavy atom. The highest BCUT2D eigenvalue weighted by Crippen LogP contribution is 2.32. The Kier molecular flexibility index (Phi) is 19.7. The number of amides is 3. The number of thiazole rings is 1. The number of benzene rings is 1. The van der Waals surface area contributed by atoms with E-state index in [4.69, 9.17) is 9.47 Å². The first-order valence-electron chi connectivity index (χ1n) is 20.9. The number of hydrogen-bond acceptors (Lipinski definition) is 12. The van der Waals surface area contributed by atoms with Crippen molar-refractivity contribution >= 4 is 47.0 Å². The third-order valence-corrected chi connectivity index (χ3v) is 11.9. The van der Waals surface area contributed by atoms with Crippen LogP contribution < -0.4 is 10.6 Å². The average Bonchev–Trinajstić information content (AvgIpc) is 3.58. The molecule has 59 heavy (non-hydrogen) atoms. The topological polar surface area (TPSA) is 205 Å². The lowest BCUT2D eigenvalue weighted by Crippen LogP contribution is -2.58. The van der Waals surface area contributed by atoms with Gasteiger partial charge in [-0.2, -0.15) is 0 Å². The third kappa shape index (κ3) is 15.2. The number of aromatic nitrogens is 1. The van der Waals surface area contributed by atoms with Crippen molar-refractivity contribution < 1.29 is 48.5 Å². The van der Waals surface area contributed by atoms with Gasteiger partial charge in [0.25, 0.3) is 5.91 Å². The molecule has 1 unspecified atom stereocenters. The Morgan fingerprint density at radius 3 is 2.31 bits per heavy atom. The van der Waals surface area contributed by atoms with Gasteiger partial charge >= 0.3 is 17.9 Å². The number of carbonyl (C=O) groups excluding carboxylic acids is 5. The maximum absolute atomic E-state index is 14.8. The van der Waals surface area contributed by atoms with Crippen molar-refractivity contribution in [3.8, 4) is 5.75 Å². The SMILES string of the molecule is CCCC(=O)OCN(C(=O)[C@@H](NC(=O)[C@H]1CCCCCN1C)C(C)CC)[C@H](C[C@@H](OC(C)=O)c1nc(C(=O)N[C@@H](Cc2ccc(O)cc2)C[C@H](C)C(=O)O)cs1)C(C)C. The number of nitrogens with one attached hydrogen (secondary N) is 2. The van der Waals surface area contributed by atoms with Crippen molar-refractivity contribution in [2.45, 2.75) is 143 Å². The monoisotopic (exact) mass is 843 g/mol. The maximum Gasteiger partial charge on any atom is 0.307 e. The van der Waals surface area contributed by atoms with Crippen molar-refractivity contribution in [1.82, 2.24) is 25.4 Å². The molecule has 7 atom stereocenters. The van der Waals surface area contributed by atoms with Crippen LogP contribution in [0.4, 0.5) is 0 Å². The van der Waals surface area contributed by atoms with Crippen molar-refractivity contribution in [3.05, 3.63) is 45.9 Å². The fraction of sp³-hybridized carbons (Fsp3) is 0.651. The van der Waals surface area contributed by atoms with E-state index >= 15 is 0 Å². The Labute approximate surface area is 352 Å². The van der Waals surface area contributed by atoms with E-state index in [1.165, 1.54) is 29.3 Å². The fourth-order valence-electron chi connectivity index (χ4n) is 7.25. The summed E-state index contributed by atoms with van der Waals surface area (Å²) in [6, 6.07) is 3.84. The number of carboxylic acids is 1. The number of phenols is 1. The number of phenolic OH excluding ortho intramolecular Hbond substituents is 1. The zero-order valence-corrected chi connectivity index (χ0v) is 36.7. The van der Waals surface area contributed by atoms with Gasteiger partial charge < -0.3 is 35.2 Å².